The minimum atomic E-state index is -1.21. The quantitative estimate of drug-likeness (QED) is 0.620. The van der Waals surface area contributed by atoms with Crippen LogP contribution in [-0.2, 0) is 11.2 Å². The molecule has 4 rings (SSSR count). The van der Waals surface area contributed by atoms with Gasteiger partial charge in [-0.05, 0) is 36.0 Å². The third kappa shape index (κ3) is 4.98. The van der Waals surface area contributed by atoms with E-state index < -0.39 is 11.4 Å². The average Bonchev–Trinajstić information content (AvgIpc) is 2.80. The smallest absolute Gasteiger partial charge is 0.341 e. The number of carboxylic acid groups (broad SMARTS) is 1. The van der Waals surface area contributed by atoms with Crippen molar-refractivity contribution in [1.82, 2.24) is 9.47 Å². The zero-order valence-electron chi connectivity index (χ0n) is 20.4. The Balaban J connectivity index is 1.64. The Kier molecular flexibility index (Phi) is 7.00. The number of aromatic nitrogens is 1. The number of fused-ring (bicyclic) bond motifs is 3. The first-order valence-electron chi connectivity index (χ1n) is 11.8. The molecule has 2 aromatic rings. The molecule has 184 valence electrons. The zero-order valence-corrected chi connectivity index (χ0v) is 20.4. The van der Waals surface area contributed by atoms with Crippen molar-refractivity contribution in [1.29, 1.82) is 0 Å². The highest BCUT2D eigenvalue weighted by molar-refractivity contribution is 5.88. The van der Waals surface area contributed by atoms with Gasteiger partial charge >= 0.3 is 5.97 Å². The molecule has 1 N–H and O–H groups in total. The van der Waals surface area contributed by atoms with Gasteiger partial charge in [-0.3, -0.25) is 9.69 Å². The van der Waals surface area contributed by atoms with Crippen molar-refractivity contribution in [2.24, 2.45) is 5.41 Å². The molecule has 1 atom stereocenters. The maximum atomic E-state index is 12.6. The topological polar surface area (TPSA) is 90.2 Å². The number of ether oxygens (including phenoxy) is 3. The van der Waals surface area contributed by atoms with Crippen molar-refractivity contribution in [2.75, 3.05) is 46.6 Å². The summed E-state index contributed by atoms with van der Waals surface area (Å²) in [5.41, 5.74) is 1.76. The van der Waals surface area contributed by atoms with Gasteiger partial charge in [0.15, 0.2) is 16.9 Å². The predicted octanol–water partition coefficient (Wildman–Crippen LogP) is 3.47. The van der Waals surface area contributed by atoms with Gasteiger partial charge in [-0.25, -0.2) is 4.79 Å². The molecule has 8 nitrogen and oxygen atoms in total. The van der Waals surface area contributed by atoms with Gasteiger partial charge in [0.05, 0.1) is 32.6 Å². The summed E-state index contributed by atoms with van der Waals surface area (Å²) in [5, 5.41) is 9.50. The lowest BCUT2D eigenvalue weighted by Crippen LogP contribution is -2.37. The number of hydrogen-bond donors (Lipinski definition) is 1. The minimum Gasteiger partial charge on any atom is -0.493 e. The second kappa shape index (κ2) is 9.80. The summed E-state index contributed by atoms with van der Waals surface area (Å²) in [5.74, 6) is 0.0756. The van der Waals surface area contributed by atoms with Crippen molar-refractivity contribution in [3.8, 4) is 22.8 Å². The zero-order chi connectivity index (χ0) is 24.5. The van der Waals surface area contributed by atoms with Crippen LogP contribution in [0, 0.1) is 5.41 Å². The Morgan fingerprint density at radius 1 is 1.18 bits per heavy atom. The summed E-state index contributed by atoms with van der Waals surface area (Å²) in [6.07, 6.45) is 3.09. The maximum Gasteiger partial charge on any atom is 0.341 e. The van der Waals surface area contributed by atoms with Gasteiger partial charge in [0.2, 0.25) is 0 Å². The van der Waals surface area contributed by atoms with Gasteiger partial charge in [0.25, 0.3) is 0 Å². The molecule has 0 spiro atoms. The molecule has 0 bridgehead atoms. The first kappa shape index (κ1) is 24.3. The highest BCUT2D eigenvalue weighted by Crippen LogP contribution is 2.45. The summed E-state index contributed by atoms with van der Waals surface area (Å²) in [7, 11) is 1.60. The fourth-order valence-corrected chi connectivity index (χ4v) is 4.79. The molecular weight excluding hydrogens is 436 g/mol. The van der Waals surface area contributed by atoms with Gasteiger partial charge in [0.1, 0.15) is 5.56 Å². The van der Waals surface area contributed by atoms with Crippen LogP contribution in [0.4, 0.5) is 0 Å². The van der Waals surface area contributed by atoms with Gasteiger partial charge < -0.3 is 23.9 Å². The van der Waals surface area contributed by atoms with Crippen LogP contribution in [-0.4, -0.2) is 67.1 Å². The van der Waals surface area contributed by atoms with E-state index in [9.17, 15) is 14.7 Å². The number of nitrogens with zero attached hydrogens (tertiary/aromatic N) is 2. The number of hydrogen-bond acceptors (Lipinski definition) is 6. The van der Waals surface area contributed by atoms with Crippen LogP contribution in [0.25, 0.3) is 11.3 Å². The van der Waals surface area contributed by atoms with E-state index in [0.717, 1.165) is 50.4 Å². The van der Waals surface area contributed by atoms with E-state index in [1.807, 2.05) is 16.7 Å². The number of methoxy groups -OCH3 is 1. The van der Waals surface area contributed by atoms with Crippen molar-refractivity contribution >= 4 is 5.97 Å². The molecule has 2 aliphatic heterocycles. The van der Waals surface area contributed by atoms with Crippen LogP contribution in [0.2, 0.25) is 0 Å². The highest BCUT2D eigenvalue weighted by atomic mass is 16.5. The normalized spacial score (nSPS) is 18.2. The van der Waals surface area contributed by atoms with Gasteiger partial charge in [-0.15, -0.1) is 0 Å². The lowest BCUT2D eigenvalue weighted by molar-refractivity contribution is 0.0357. The molecule has 0 saturated carbocycles. The number of morpholine rings is 1. The van der Waals surface area contributed by atoms with Crippen LogP contribution < -0.4 is 14.9 Å². The molecule has 8 heteroatoms. The number of carboxylic acids is 1. The van der Waals surface area contributed by atoms with Crippen LogP contribution >= 0.6 is 0 Å². The molecule has 3 heterocycles. The molecule has 1 fully saturated rings. The van der Waals surface area contributed by atoms with E-state index in [1.54, 1.807) is 7.11 Å². The maximum absolute atomic E-state index is 12.6. The van der Waals surface area contributed by atoms with E-state index in [-0.39, 0.29) is 17.0 Å². The van der Waals surface area contributed by atoms with E-state index in [4.69, 9.17) is 14.2 Å². The molecule has 1 aromatic carbocycles. The highest BCUT2D eigenvalue weighted by Gasteiger charge is 2.34. The number of rotatable bonds is 7. The summed E-state index contributed by atoms with van der Waals surface area (Å²) in [6.45, 7) is 11.4. The fraction of sp³-hybridized carbons (Fsp3) is 0.538. The lowest BCUT2D eigenvalue weighted by Gasteiger charge is -2.39. The standard InChI is InChI=1S/C26H34N2O6/c1-26(2,3)24-13-17-12-23(34-9-5-6-27-7-10-33-11-8-27)22(32-4)14-18(17)20-15-21(29)19(25(30)31)16-28(20)24/h12,14-16,24H,5-11,13H2,1-4H3,(H,30,31)/t24-/m0/s1. The Morgan fingerprint density at radius 3 is 2.56 bits per heavy atom. The lowest BCUT2D eigenvalue weighted by atomic mass is 9.78. The molecule has 2 aliphatic rings. The molecule has 34 heavy (non-hydrogen) atoms. The van der Waals surface area contributed by atoms with E-state index in [1.165, 1.54) is 12.3 Å². The van der Waals surface area contributed by atoms with Crippen LogP contribution in [0.15, 0.2) is 29.2 Å². The van der Waals surface area contributed by atoms with Crippen molar-refractivity contribution in [3.63, 3.8) is 0 Å². The molecule has 1 saturated heterocycles. The Bertz CT molecular complexity index is 1110. The summed E-state index contributed by atoms with van der Waals surface area (Å²) in [6, 6.07) is 5.33. The minimum absolute atomic E-state index is 0.0173. The Morgan fingerprint density at radius 2 is 1.91 bits per heavy atom. The second-order valence-electron chi connectivity index (χ2n) is 10.1. The van der Waals surface area contributed by atoms with Crippen molar-refractivity contribution in [2.45, 2.75) is 39.7 Å². The average molecular weight is 471 g/mol. The predicted molar refractivity (Wildman–Crippen MR) is 129 cm³/mol. The summed E-state index contributed by atoms with van der Waals surface area (Å²) >= 11 is 0. The van der Waals surface area contributed by atoms with Crippen LogP contribution in [0.5, 0.6) is 11.5 Å². The van der Waals surface area contributed by atoms with E-state index in [2.05, 4.69) is 25.7 Å². The molecule has 0 unspecified atom stereocenters. The SMILES string of the molecule is COc1cc2c(cc1OCCCN1CCOCC1)C[C@@H](C(C)(C)C)n1cc(C(=O)O)c(=O)cc1-2. The molecule has 0 amide bonds. The van der Waals surface area contributed by atoms with E-state index >= 15 is 0 Å². The third-order valence-electron chi connectivity index (χ3n) is 6.70. The third-order valence-corrected chi connectivity index (χ3v) is 6.70. The molecule has 0 radical (unpaired) electrons. The van der Waals surface area contributed by atoms with Gasteiger partial charge in [-0.2, -0.15) is 0 Å². The first-order chi connectivity index (χ1) is 16.2. The molecule has 0 aliphatic carbocycles. The second-order valence-corrected chi connectivity index (χ2v) is 10.1. The first-order valence-corrected chi connectivity index (χ1v) is 11.8. The van der Waals surface area contributed by atoms with E-state index in [0.29, 0.717) is 30.2 Å². The van der Waals surface area contributed by atoms with Gasteiger partial charge in [-0.1, -0.05) is 20.8 Å². The monoisotopic (exact) mass is 470 g/mol. The largest absolute Gasteiger partial charge is 0.493 e. The molecule has 1 aromatic heterocycles. The van der Waals surface area contributed by atoms with Crippen molar-refractivity contribution < 1.29 is 24.1 Å². The van der Waals surface area contributed by atoms with Crippen LogP contribution in [0.3, 0.4) is 0 Å². The molecular formula is C26H34N2O6. The Labute approximate surface area is 200 Å². The number of pyridine rings is 1. The van der Waals surface area contributed by atoms with Gasteiger partial charge in [0, 0.05) is 43.5 Å². The number of carbonyl (C=O) groups is 1. The Hall–Kier alpha value is -2.84. The summed E-state index contributed by atoms with van der Waals surface area (Å²) < 4.78 is 19.1. The summed E-state index contributed by atoms with van der Waals surface area (Å²) in [4.78, 5) is 26.6. The number of aromatic carboxylic acids is 1. The van der Waals surface area contributed by atoms with Crippen molar-refractivity contribution in [3.05, 3.63) is 45.7 Å². The number of benzene rings is 1. The fourth-order valence-electron chi connectivity index (χ4n) is 4.79. The van der Waals surface area contributed by atoms with Crippen LogP contribution in [0.1, 0.15) is 49.2 Å².